The van der Waals surface area contributed by atoms with Crippen molar-refractivity contribution in [2.24, 2.45) is 5.41 Å². The van der Waals surface area contributed by atoms with Gasteiger partial charge in [0.15, 0.2) is 0 Å². The molecule has 0 aromatic heterocycles. The third-order valence-electron chi connectivity index (χ3n) is 3.37. The summed E-state index contributed by atoms with van der Waals surface area (Å²) in [5.41, 5.74) is 0.230. The standard InChI is InChI=1S/C13H26O3/c1-3-5-6-13(4-2)11-15-9-7-14-8-10-16-12-13/h3-12H2,1-2H3. The van der Waals surface area contributed by atoms with Gasteiger partial charge in [0.25, 0.3) is 0 Å². The van der Waals surface area contributed by atoms with E-state index in [4.69, 9.17) is 14.2 Å². The predicted octanol–water partition coefficient (Wildman–Crippen LogP) is 2.64. The summed E-state index contributed by atoms with van der Waals surface area (Å²) in [7, 11) is 0. The van der Waals surface area contributed by atoms with Crippen molar-refractivity contribution in [2.45, 2.75) is 39.5 Å². The molecule has 3 nitrogen and oxygen atoms in total. The molecule has 3 heteroatoms. The second-order valence-electron chi connectivity index (χ2n) is 4.67. The van der Waals surface area contributed by atoms with Gasteiger partial charge in [-0.05, 0) is 12.8 Å². The minimum atomic E-state index is 0.230. The zero-order chi connectivity index (χ0) is 11.7. The molecule has 1 aliphatic rings. The lowest BCUT2D eigenvalue weighted by Gasteiger charge is -2.33. The number of hydrogen-bond acceptors (Lipinski definition) is 3. The summed E-state index contributed by atoms with van der Waals surface area (Å²) in [6.07, 6.45) is 4.84. The molecule has 0 radical (unpaired) electrons. The van der Waals surface area contributed by atoms with Crippen LogP contribution in [-0.2, 0) is 14.2 Å². The molecule has 0 aliphatic carbocycles. The lowest BCUT2D eigenvalue weighted by molar-refractivity contribution is -0.0746. The van der Waals surface area contributed by atoms with Crippen LogP contribution in [0.4, 0.5) is 0 Å². The van der Waals surface area contributed by atoms with Gasteiger partial charge in [-0.1, -0.05) is 26.7 Å². The summed E-state index contributed by atoms with van der Waals surface area (Å²) < 4.78 is 16.8. The Bertz CT molecular complexity index is 161. The molecule has 16 heavy (non-hydrogen) atoms. The predicted molar refractivity (Wildman–Crippen MR) is 64.7 cm³/mol. The Morgan fingerprint density at radius 2 is 1.44 bits per heavy atom. The molecular formula is C13H26O3. The summed E-state index contributed by atoms with van der Waals surface area (Å²) in [6.45, 7) is 8.92. The average Bonchev–Trinajstić information content (AvgIpc) is 2.34. The Labute approximate surface area is 99.5 Å². The lowest BCUT2D eigenvalue weighted by atomic mass is 9.82. The second-order valence-corrected chi connectivity index (χ2v) is 4.67. The van der Waals surface area contributed by atoms with Gasteiger partial charge in [0.2, 0.25) is 0 Å². The smallest absolute Gasteiger partial charge is 0.0701 e. The molecule has 0 aromatic rings. The molecule has 0 saturated carbocycles. The first-order valence-electron chi connectivity index (χ1n) is 6.56. The van der Waals surface area contributed by atoms with Crippen molar-refractivity contribution in [3.63, 3.8) is 0 Å². The Morgan fingerprint density at radius 3 is 1.94 bits per heavy atom. The maximum absolute atomic E-state index is 5.71. The molecule has 0 atom stereocenters. The van der Waals surface area contributed by atoms with Crippen molar-refractivity contribution in [2.75, 3.05) is 39.6 Å². The fraction of sp³-hybridized carbons (Fsp3) is 1.00. The molecule has 96 valence electrons. The van der Waals surface area contributed by atoms with Gasteiger partial charge in [0, 0.05) is 5.41 Å². The minimum Gasteiger partial charge on any atom is -0.378 e. The number of ether oxygens (including phenoxy) is 3. The van der Waals surface area contributed by atoms with E-state index in [1.54, 1.807) is 0 Å². The van der Waals surface area contributed by atoms with Crippen LogP contribution in [0.25, 0.3) is 0 Å². The number of hydrogen-bond donors (Lipinski definition) is 0. The monoisotopic (exact) mass is 230 g/mol. The lowest BCUT2D eigenvalue weighted by Crippen LogP contribution is -2.34. The highest BCUT2D eigenvalue weighted by Gasteiger charge is 2.28. The normalized spacial score (nSPS) is 22.9. The SMILES string of the molecule is CCCCC1(CC)COCCOCCOC1. The fourth-order valence-corrected chi connectivity index (χ4v) is 2.03. The molecular weight excluding hydrogens is 204 g/mol. The van der Waals surface area contributed by atoms with Gasteiger partial charge in [-0.3, -0.25) is 0 Å². The number of unbranched alkanes of at least 4 members (excludes halogenated alkanes) is 1. The zero-order valence-corrected chi connectivity index (χ0v) is 10.8. The quantitative estimate of drug-likeness (QED) is 0.743. The molecule has 0 bridgehead atoms. The van der Waals surface area contributed by atoms with Crippen molar-refractivity contribution in [1.82, 2.24) is 0 Å². The summed E-state index contributed by atoms with van der Waals surface area (Å²) in [4.78, 5) is 0. The molecule has 1 rings (SSSR count). The highest BCUT2D eigenvalue weighted by molar-refractivity contribution is 4.78. The third kappa shape index (κ3) is 4.81. The molecule has 0 N–H and O–H groups in total. The second kappa shape index (κ2) is 8.04. The average molecular weight is 230 g/mol. The van der Waals surface area contributed by atoms with Gasteiger partial charge in [-0.2, -0.15) is 0 Å². The van der Waals surface area contributed by atoms with Gasteiger partial charge >= 0.3 is 0 Å². The molecule has 0 amide bonds. The Morgan fingerprint density at radius 1 is 0.875 bits per heavy atom. The van der Waals surface area contributed by atoms with Crippen LogP contribution < -0.4 is 0 Å². The van der Waals surface area contributed by atoms with E-state index in [-0.39, 0.29) is 5.41 Å². The van der Waals surface area contributed by atoms with Crippen LogP contribution in [0.5, 0.6) is 0 Å². The van der Waals surface area contributed by atoms with Crippen LogP contribution in [0, 0.1) is 5.41 Å². The zero-order valence-electron chi connectivity index (χ0n) is 10.8. The van der Waals surface area contributed by atoms with Gasteiger partial charge in [-0.25, -0.2) is 0 Å². The minimum absolute atomic E-state index is 0.230. The highest BCUT2D eigenvalue weighted by Crippen LogP contribution is 2.30. The van der Waals surface area contributed by atoms with E-state index in [9.17, 15) is 0 Å². The van der Waals surface area contributed by atoms with E-state index < -0.39 is 0 Å². The summed E-state index contributed by atoms with van der Waals surface area (Å²) in [5, 5.41) is 0. The molecule has 0 spiro atoms. The Balaban J connectivity index is 2.46. The van der Waals surface area contributed by atoms with Gasteiger partial charge < -0.3 is 14.2 Å². The van der Waals surface area contributed by atoms with E-state index in [0.29, 0.717) is 26.4 Å². The largest absolute Gasteiger partial charge is 0.378 e. The first-order valence-corrected chi connectivity index (χ1v) is 6.56. The third-order valence-corrected chi connectivity index (χ3v) is 3.37. The molecule has 0 aromatic carbocycles. The van der Waals surface area contributed by atoms with E-state index in [1.165, 1.54) is 19.3 Å². The van der Waals surface area contributed by atoms with Crippen LogP contribution in [0.1, 0.15) is 39.5 Å². The number of rotatable bonds is 4. The highest BCUT2D eigenvalue weighted by atomic mass is 16.5. The first-order chi connectivity index (χ1) is 7.83. The van der Waals surface area contributed by atoms with Crippen molar-refractivity contribution < 1.29 is 14.2 Å². The van der Waals surface area contributed by atoms with Gasteiger partial charge in [0.1, 0.15) is 0 Å². The van der Waals surface area contributed by atoms with Crippen LogP contribution in [0.2, 0.25) is 0 Å². The van der Waals surface area contributed by atoms with Gasteiger partial charge in [-0.15, -0.1) is 0 Å². The van der Waals surface area contributed by atoms with Crippen molar-refractivity contribution in [3.05, 3.63) is 0 Å². The molecule has 1 heterocycles. The molecule has 1 saturated heterocycles. The van der Waals surface area contributed by atoms with Crippen LogP contribution in [0.3, 0.4) is 0 Å². The van der Waals surface area contributed by atoms with Crippen LogP contribution in [0.15, 0.2) is 0 Å². The maximum Gasteiger partial charge on any atom is 0.0701 e. The van der Waals surface area contributed by atoms with Crippen molar-refractivity contribution >= 4 is 0 Å². The van der Waals surface area contributed by atoms with Crippen LogP contribution >= 0.6 is 0 Å². The Kier molecular flexibility index (Phi) is 7.01. The summed E-state index contributed by atoms with van der Waals surface area (Å²) >= 11 is 0. The van der Waals surface area contributed by atoms with E-state index in [1.807, 2.05) is 0 Å². The van der Waals surface area contributed by atoms with Crippen LogP contribution in [-0.4, -0.2) is 39.6 Å². The van der Waals surface area contributed by atoms with Gasteiger partial charge in [0.05, 0.1) is 39.6 Å². The molecule has 0 unspecified atom stereocenters. The van der Waals surface area contributed by atoms with E-state index >= 15 is 0 Å². The molecule has 1 aliphatic heterocycles. The first kappa shape index (κ1) is 13.9. The van der Waals surface area contributed by atoms with E-state index in [0.717, 1.165) is 19.6 Å². The van der Waals surface area contributed by atoms with Crippen molar-refractivity contribution in [1.29, 1.82) is 0 Å². The molecule has 1 fully saturated rings. The van der Waals surface area contributed by atoms with Crippen molar-refractivity contribution in [3.8, 4) is 0 Å². The maximum atomic E-state index is 5.71. The summed E-state index contributed by atoms with van der Waals surface area (Å²) in [5.74, 6) is 0. The Hall–Kier alpha value is -0.120. The summed E-state index contributed by atoms with van der Waals surface area (Å²) in [6, 6.07) is 0. The van der Waals surface area contributed by atoms with E-state index in [2.05, 4.69) is 13.8 Å². The topological polar surface area (TPSA) is 27.7 Å². The fourth-order valence-electron chi connectivity index (χ4n) is 2.03.